The van der Waals surface area contributed by atoms with Crippen LogP contribution in [0.4, 0.5) is 19.0 Å². The number of nitrogens with two attached hydrogens (primary N) is 1. The molecule has 3 rings (SSSR count). The van der Waals surface area contributed by atoms with Gasteiger partial charge in [-0.05, 0) is 49.9 Å². The normalized spacial score (nSPS) is 18.8. The van der Waals surface area contributed by atoms with Crippen LogP contribution in [0, 0.1) is 12.8 Å². The number of hydrogen-bond acceptors (Lipinski definition) is 5. The second kappa shape index (κ2) is 10.1. The number of amides is 3. The first kappa shape index (κ1) is 25.0. The number of alkyl halides is 3. The smallest absolute Gasteiger partial charge is 0.384 e. The number of carbonyl (C=O) groups is 3. The van der Waals surface area contributed by atoms with Gasteiger partial charge in [0.05, 0.1) is 5.56 Å². The average Bonchev–Trinajstić information content (AvgIpc) is 3.12. The third kappa shape index (κ3) is 6.24. The molecule has 3 amide bonds. The number of carbonyl (C=O) groups excluding carboxylic acids is 3. The Balaban J connectivity index is 1.52. The molecule has 1 fully saturated rings. The van der Waals surface area contributed by atoms with Crippen LogP contribution in [0.15, 0.2) is 36.4 Å². The molecule has 0 radical (unpaired) electrons. The molecule has 182 valence electrons. The van der Waals surface area contributed by atoms with E-state index in [1.807, 2.05) is 0 Å². The molecule has 34 heavy (non-hydrogen) atoms. The summed E-state index contributed by atoms with van der Waals surface area (Å²) in [5, 5.41) is 7.83. The molecule has 0 bridgehead atoms. The second-order valence-corrected chi connectivity index (χ2v) is 8.32. The summed E-state index contributed by atoms with van der Waals surface area (Å²) in [6.45, 7) is 3.48. The number of benzene rings is 1. The third-order valence-corrected chi connectivity index (χ3v) is 5.68. The molecule has 5 N–H and O–H groups in total. The topological polar surface area (TPSA) is 126 Å². The van der Waals surface area contributed by atoms with Crippen LogP contribution >= 0.6 is 0 Å². The van der Waals surface area contributed by atoms with Crippen LogP contribution in [0.1, 0.15) is 35.7 Å². The predicted molar refractivity (Wildman–Crippen MR) is 118 cm³/mol. The molecule has 1 aliphatic rings. The fourth-order valence-electron chi connectivity index (χ4n) is 3.76. The summed E-state index contributed by atoms with van der Waals surface area (Å²) in [4.78, 5) is 41.4. The first-order valence-corrected chi connectivity index (χ1v) is 10.7. The van der Waals surface area contributed by atoms with Crippen LogP contribution in [-0.4, -0.2) is 34.8 Å². The minimum absolute atomic E-state index is 0.0740. The number of nitrogens with zero attached hydrogens (tertiary/aromatic N) is 1. The van der Waals surface area contributed by atoms with E-state index in [2.05, 4.69) is 20.9 Å². The van der Waals surface area contributed by atoms with Crippen LogP contribution in [-0.2, 0) is 33.5 Å². The lowest BCUT2D eigenvalue weighted by Crippen LogP contribution is -2.50. The van der Waals surface area contributed by atoms with E-state index in [1.165, 1.54) is 19.1 Å². The van der Waals surface area contributed by atoms with Crippen LogP contribution in [0.5, 0.6) is 0 Å². The molecule has 1 aromatic carbocycles. The Morgan fingerprint density at radius 3 is 2.68 bits per heavy atom. The van der Waals surface area contributed by atoms with Gasteiger partial charge in [-0.25, -0.2) is 4.98 Å². The lowest BCUT2D eigenvalue weighted by molar-refractivity contribution is -0.137. The number of nitrogen functional groups attached to an aromatic ring is 1. The van der Waals surface area contributed by atoms with Crippen molar-refractivity contribution in [2.45, 2.75) is 51.5 Å². The zero-order valence-corrected chi connectivity index (χ0v) is 18.7. The molecule has 0 unspecified atom stereocenters. The molecule has 11 heteroatoms. The molecular formula is C23H26F3N5O3. The highest BCUT2D eigenvalue weighted by Crippen LogP contribution is 2.30. The highest BCUT2D eigenvalue weighted by atomic mass is 19.4. The summed E-state index contributed by atoms with van der Waals surface area (Å²) in [5.41, 5.74) is 6.64. The molecule has 0 spiro atoms. The quantitative estimate of drug-likeness (QED) is 0.484. The van der Waals surface area contributed by atoms with Crippen LogP contribution in [0.3, 0.4) is 0 Å². The highest BCUT2D eigenvalue weighted by Gasteiger charge is 2.37. The van der Waals surface area contributed by atoms with E-state index in [0.29, 0.717) is 17.1 Å². The van der Waals surface area contributed by atoms with Crippen LogP contribution < -0.4 is 21.7 Å². The number of halogens is 3. The molecule has 2 aromatic rings. The summed E-state index contributed by atoms with van der Waals surface area (Å²) in [5.74, 6) is -1.65. The van der Waals surface area contributed by atoms with Gasteiger partial charge in [-0.1, -0.05) is 24.3 Å². The molecular weight excluding hydrogens is 451 g/mol. The Kier molecular flexibility index (Phi) is 7.43. The monoisotopic (exact) mass is 477 g/mol. The largest absolute Gasteiger partial charge is 0.416 e. The zero-order chi connectivity index (χ0) is 25.0. The molecule has 2 heterocycles. The lowest BCUT2D eigenvalue weighted by atomic mass is 9.95. The van der Waals surface area contributed by atoms with E-state index >= 15 is 0 Å². The number of hydrogen-bond donors (Lipinski definition) is 4. The first-order valence-electron chi connectivity index (χ1n) is 10.7. The van der Waals surface area contributed by atoms with Crippen LogP contribution in [0.25, 0.3) is 0 Å². The second-order valence-electron chi connectivity index (χ2n) is 8.32. The van der Waals surface area contributed by atoms with Gasteiger partial charge < -0.3 is 21.7 Å². The van der Waals surface area contributed by atoms with E-state index in [9.17, 15) is 27.6 Å². The maximum absolute atomic E-state index is 12.9. The van der Waals surface area contributed by atoms with Gasteiger partial charge in [-0.2, -0.15) is 13.2 Å². The van der Waals surface area contributed by atoms with Crippen molar-refractivity contribution in [3.05, 3.63) is 58.8 Å². The fourth-order valence-corrected chi connectivity index (χ4v) is 3.76. The summed E-state index contributed by atoms with van der Waals surface area (Å²) in [7, 11) is 0. The van der Waals surface area contributed by atoms with Crippen molar-refractivity contribution in [2.24, 2.45) is 5.92 Å². The van der Waals surface area contributed by atoms with E-state index in [4.69, 9.17) is 5.73 Å². The van der Waals surface area contributed by atoms with Crippen LogP contribution in [0.2, 0.25) is 0 Å². The van der Waals surface area contributed by atoms with Crippen molar-refractivity contribution in [1.82, 2.24) is 20.9 Å². The Morgan fingerprint density at radius 1 is 1.26 bits per heavy atom. The Labute approximate surface area is 194 Å². The number of nitrogens with one attached hydrogen (secondary N) is 3. The predicted octanol–water partition coefficient (Wildman–Crippen LogP) is 1.86. The van der Waals surface area contributed by atoms with Gasteiger partial charge >= 0.3 is 6.18 Å². The molecule has 1 saturated heterocycles. The molecule has 1 aliphatic heterocycles. The number of rotatable bonds is 7. The Morgan fingerprint density at radius 2 is 2.00 bits per heavy atom. The minimum Gasteiger partial charge on any atom is -0.384 e. The van der Waals surface area contributed by atoms with Gasteiger partial charge in [0.25, 0.3) is 0 Å². The number of anilines is 1. The molecule has 1 aromatic heterocycles. The number of aryl methyl sites for hydroxylation is 1. The summed E-state index contributed by atoms with van der Waals surface area (Å²) in [6.07, 6.45) is -4.29. The summed E-state index contributed by atoms with van der Waals surface area (Å²) < 4.78 is 38.8. The van der Waals surface area contributed by atoms with Gasteiger partial charge in [0.1, 0.15) is 17.9 Å². The van der Waals surface area contributed by atoms with E-state index in [1.54, 1.807) is 19.1 Å². The molecule has 0 saturated carbocycles. The average molecular weight is 477 g/mol. The van der Waals surface area contributed by atoms with Crippen molar-refractivity contribution >= 4 is 23.5 Å². The molecule has 0 aliphatic carbocycles. The maximum Gasteiger partial charge on any atom is 0.416 e. The number of pyridine rings is 1. The van der Waals surface area contributed by atoms with Crippen molar-refractivity contribution in [2.75, 3.05) is 5.73 Å². The fraction of sp³-hybridized carbons (Fsp3) is 0.391. The Bertz CT molecular complexity index is 1090. The zero-order valence-electron chi connectivity index (χ0n) is 18.7. The highest BCUT2D eigenvalue weighted by molar-refractivity contribution is 5.94. The van der Waals surface area contributed by atoms with Crippen molar-refractivity contribution in [3.63, 3.8) is 0 Å². The van der Waals surface area contributed by atoms with E-state index in [0.717, 1.165) is 17.7 Å². The molecule has 8 nitrogen and oxygen atoms in total. The summed E-state index contributed by atoms with van der Waals surface area (Å²) >= 11 is 0. The molecule has 3 atom stereocenters. The van der Waals surface area contributed by atoms with E-state index in [-0.39, 0.29) is 19.4 Å². The maximum atomic E-state index is 12.9. The van der Waals surface area contributed by atoms with Crippen molar-refractivity contribution in [3.8, 4) is 0 Å². The minimum atomic E-state index is -4.48. The Hall–Kier alpha value is -3.63. The first-order chi connectivity index (χ1) is 15.9. The lowest BCUT2D eigenvalue weighted by Gasteiger charge is -2.17. The SMILES string of the molecule is Cc1nc(N)ccc1CNC(=O)[C@@H](C)NC(=O)[C@H]1C[C@H](Cc2cccc(C(F)(F)F)c2)C(=O)N1. The van der Waals surface area contributed by atoms with Gasteiger partial charge in [0.15, 0.2) is 0 Å². The van der Waals surface area contributed by atoms with Gasteiger partial charge in [0.2, 0.25) is 17.7 Å². The van der Waals surface area contributed by atoms with Gasteiger partial charge in [-0.15, -0.1) is 0 Å². The van der Waals surface area contributed by atoms with Gasteiger partial charge in [0, 0.05) is 18.2 Å². The van der Waals surface area contributed by atoms with Crippen molar-refractivity contribution in [1.29, 1.82) is 0 Å². The standard InChI is InChI=1S/C23H26F3N5O3/c1-12-15(6-7-19(27)29-12)11-28-20(32)13(2)30-22(34)18-10-16(21(33)31-18)8-14-4-3-5-17(9-14)23(24,25)26/h3-7,9,13,16,18H,8,10-11H2,1-2H3,(H2,27,29)(H,28,32)(H,30,34)(H,31,33)/t13-,16+,18-/m1/s1. The van der Waals surface area contributed by atoms with Gasteiger partial charge in [-0.3, -0.25) is 14.4 Å². The third-order valence-electron chi connectivity index (χ3n) is 5.68. The van der Waals surface area contributed by atoms with E-state index < -0.39 is 47.5 Å². The summed E-state index contributed by atoms with van der Waals surface area (Å²) in [6, 6.07) is 6.41. The number of aromatic nitrogens is 1. The van der Waals surface area contributed by atoms with Crippen molar-refractivity contribution < 1.29 is 27.6 Å².